The van der Waals surface area contributed by atoms with Crippen LogP contribution in [0.25, 0.3) is 0 Å². The first-order chi connectivity index (χ1) is 11.5. The fourth-order valence-electron chi connectivity index (χ4n) is 3.67. The maximum absolute atomic E-state index is 13.0. The molecular weight excluding hydrogens is 308 g/mol. The molecule has 132 valence electrons. The van der Waals surface area contributed by atoms with Gasteiger partial charge in [-0.3, -0.25) is 9.69 Å². The van der Waals surface area contributed by atoms with Gasteiger partial charge in [0.05, 0.1) is 38.5 Å². The average molecular weight is 334 g/mol. The minimum absolute atomic E-state index is 0.0174. The van der Waals surface area contributed by atoms with Gasteiger partial charge in [0.2, 0.25) is 0 Å². The van der Waals surface area contributed by atoms with Gasteiger partial charge in [-0.25, -0.2) is 0 Å². The summed E-state index contributed by atoms with van der Waals surface area (Å²) < 4.78 is 16.5. The molecule has 0 aliphatic carbocycles. The number of likely N-dealkylation sites (tertiary alicyclic amines) is 1. The molecule has 0 bridgehead atoms. The van der Waals surface area contributed by atoms with Crippen molar-refractivity contribution < 1.29 is 19.0 Å². The van der Waals surface area contributed by atoms with E-state index in [-0.39, 0.29) is 18.1 Å². The Bertz CT molecular complexity index is 605. The molecule has 24 heavy (non-hydrogen) atoms. The summed E-state index contributed by atoms with van der Waals surface area (Å²) in [4.78, 5) is 17.3. The number of carbonyl (C=O) groups is 1. The zero-order valence-corrected chi connectivity index (χ0v) is 14.8. The van der Waals surface area contributed by atoms with E-state index in [0.29, 0.717) is 36.2 Å². The van der Waals surface area contributed by atoms with E-state index in [2.05, 4.69) is 18.7 Å². The van der Waals surface area contributed by atoms with Crippen molar-refractivity contribution in [2.75, 3.05) is 40.5 Å². The Hall–Kier alpha value is -1.79. The van der Waals surface area contributed by atoms with Crippen LogP contribution in [0.3, 0.4) is 0 Å². The van der Waals surface area contributed by atoms with Crippen LogP contribution in [0.4, 0.5) is 0 Å². The molecule has 6 nitrogen and oxygen atoms in total. The summed E-state index contributed by atoms with van der Waals surface area (Å²) in [7, 11) is 3.16. The van der Waals surface area contributed by atoms with Gasteiger partial charge < -0.3 is 19.1 Å². The summed E-state index contributed by atoms with van der Waals surface area (Å²) in [5.74, 6) is 1.19. The topological polar surface area (TPSA) is 51.2 Å². The van der Waals surface area contributed by atoms with Gasteiger partial charge in [0.25, 0.3) is 5.91 Å². The van der Waals surface area contributed by atoms with E-state index in [0.717, 1.165) is 13.2 Å². The molecule has 1 aromatic rings. The number of hydrogen-bond donors (Lipinski definition) is 0. The van der Waals surface area contributed by atoms with E-state index >= 15 is 0 Å². The van der Waals surface area contributed by atoms with Crippen LogP contribution in [0.5, 0.6) is 11.5 Å². The minimum atomic E-state index is -0.0174. The molecule has 6 heteroatoms. The third kappa shape index (κ3) is 3.08. The van der Waals surface area contributed by atoms with E-state index < -0.39 is 0 Å². The molecule has 2 saturated heterocycles. The van der Waals surface area contributed by atoms with Crippen molar-refractivity contribution in [2.45, 2.75) is 32.0 Å². The zero-order valence-electron chi connectivity index (χ0n) is 14.8. The minimum Gasteiger partial charge on any atom is -0.497 e. The molecule has 3 rings (SSSR count). The predicted octanol–water partition coefficient (Wildman–Crippen LogP) is 1.64. The van der Waals surface area contributed by atoms with Crippen molar-refractivity contribution in [2.24, 2.45) is 0 Å². The Morgan fingerprint density at radius 1 is 1.25 bits per heavy atom. The van der Waals surface area contributed by atoms with Crippen LogP contribution < -0.4 is 9.47 Å². The number of amides is 1. The van der Waals surface area contributed by atoms with Crippen molar-refractivity contribution in [1.29, 1.82) is 0 Å². The summed E-state index contributed by atoms with van der Waals surface area (Å²) in [5, 5.41) is 0. The Balaban J connectivity index is 1.79. The number of rotatable bonds is 4. The zero-order chi connectivity index (χ0) is 17.3. The Labute approximate surface area is 143 Å². The van der Waals surface area contributed by atoms with E-state index in [1.54, 1.807) is 32.4 Å². The molecule has 0 radical (unpaired) electrons. The molecule has 0 spiro atoms. The molecule has 0 aromatic heterocycles. The molecule has 2 fully saturated rings. The Kier molecular flexibility index (Phi) is 4.96. The van der Waals surface area contributed by atoms with Crippen LogP contribution in [0.15, 0.2) is 18.2 Å². The third-order valence-electron chi connectivity index (χ3n) is 4.93. The molecule has 2 heterocycles. The van der Waals surface area contributed by atoms with Crippen LogP contribution in [-0.4, -0.2) is 74.4 Å². The highest BCUT2D eigenvalue weighted by Crippen LogP contribution is 2.29. The largest absolute Gasteiger partial charge is 0.497 e. The van der Waals surface area contributed by atoms with Crippen molar-refractivity contribution in [1.82, 2.24) is 9.80 Å². The molecule has 2 unspecified atom stereocenters. The lowest BCUT2D eigenvalue weighted by molar-refractivity contribution is -0.0582. The summed E-state index contributed by atoms with van der Waals surface area (Å²) >= 11 is 0. The number of morpholine rings is 1. The fourth-order valence-corrected chi connectivity index (χ4v) is 3.67. The predicted molar refractivity (Wildman–Crippen MR) is 90.8 cm³/mol. The van der Waals surface area contributed by atoms with E-state index in [9.17, 15) is 4.79 Å². The molecule has 0 saturated carbocycles. The normalized spacial score (nSPS) is 24.1. The maximum atomic E-state index is 13.0. The van der Waals surface area contributed by atoms with E-state index in [4.69, 9.17) is 14.2 Å². The van der Waals surface area contributed by atoms with Crippen molar-refractivity contribution >= 4 is 5.91 Å². The van der Waals surface area contributed by atoms with Crippen LogP contribution in [-0.2, 0) is 4.74 Å². The standard InChI is InChI=1S/C18H26N2O4/c1-12(2)20-7-8-24-17-11-19(10-15(17)20)18(21)14-6-5-13(22-3)9-16(14)23-4/h5-6,9,12,15,17H,7-8,10-11H2,1-4H3. The number of methoxy groups -OCH3 is 2. The van der Waals surface area contributed by atoms with Gasteiger partial charge in [0.1, 0.15) is 11.5 Å². The second-order valence-corrected chi connectivity index (χ2v) is 6.58. The van der Waals surface area contributed by atoms with Gasteiger partial charge >= 0.3 is 0 Å². The Morgan fingerprint density at radius 3 is 2.71 bits per heavy atom. The molecule has 0 N–H and O–H groups in total. The van der Waals surface area contributed by atoms with Crippen LogP contribution in [0, 0.1) is 0 Å². The number of hydrogen-bond acceptors (Lipinski definition) is 5. The number of benzene rings is 1. The number of ether oxygens (including phenoxy) is 3. The first kappa shape index (κ1) is 17.0. The highest BCUT2D eigenvalue weighted by Gasteiger charge is 2.43. The second kappa shape index (κ2) is 6.99. The average Bonchev–Trinajstić information content (AvgIpc) is 3.04. The van der Waals surface area contributed by atoms with Crippen LogP contribution in [0.2, 0.25) is 0 Å². The Morgan fingerprint density at radius 2 is 2.04 bits per heavy atom. The van der Waals surface area contributed by atoms with Crippen LogP contribution >= 0.6 is 0 Å². The lowest BCUT2D eigenvalue weighted by Gasteiger charge is -2.39. The number of fused-ring (bicyclic) bond motifs is 1. The molecule has 2 aliphatic heterocycles. The van der Waals surface area contributed by atoms with Gasteiger partial charge in [-0.05, 0) is 26.0 Å². The van der Waals surface area contributed by atoms with Gasteiger partial charge in [-0.2, -0.15) is 0 Å². The van der Waals surface area contributed by atoms with Crippen LogP contribution in [0.1, 0.15) is 24.2 Å². The third-order valence-corrected chi connectivity index (χ3v) is 4.93. The summed E-state index contributed by atoms with van der Waals surface area (Å²) in [6.07, 6.45) is 0.0920. The number of carbonyl (C=O) groups excluding carboxylic acids is 1. The van der Waals surface area contributed by atoms with E-state index in [1.807, 2.05) is 4.90 Å². The first-order valence-corrected chi connectivity index (χ1v) is 8.43. The lowest BCUT2D eigenvalue weighted by atomic mass is 10.1. The maximum Gasteiger partial charge on any atom is 0.257 e. The number of nitrogens with zero attached hydrogens (tertiary/aromatic N) is 2. The summed E-state index contributed by atoms with van der Waals surface area (Å²) in [6, 6.07) is 6.02. The summed E-state index contributed by atoms with van der Waals surface area (Å²) in [6.45, 7) is 7.36. The van der Waals surface area contributed by atoms with Gasteiger partial charge in [0, 0.05) is 31.7 Å². The SMILES string of the molecule is COc1ccc(C(=O)N2CC3OCCN(C(C)C)C3C2)c(OC)c1. The fraction of sp³-hybridized carbons (Fsp3) is 0.611. The second-order valence-electron chi connectivity index (χ2n) is 6.58. The summed E-state index contributed by atoms with van der Waals surface area (Å²) in [5.41, 5.74) is 0.563. The quantitative estimate of drug-likeness (QED) is 0.838. The molecular formula is C18H26N2O4. The molecule has 1 aromatic carbocycles. The molecule has 2 atom stereocenters. The van der Waals surface area contributed by atoms with Gasteiger partial charge in [-0.15, -0.1) is 0 Å². The smallest absolute Gasteiger partial charge is 0.257 e. The van der Waals surface area contributed by atoms with Crippen molar-refractivity contribution in [3.8, 4) is 11.5 Å². The van der Waals surface area contributed by atoms with Crippen molar-refractivity contribution in [3.63, 3.8) is 0 Å². The van der Waals surface area contributed by atoms with E-state index in [1.165, 1.54) is 0 Å². The van der Waals surface area contributed by atoms with Gasteiger partial charge in [-0.1, -0.05) is 0 Å². The van der Waals surface area contributed by atoms with Gasteiger partial charge in [0.15, 0.2) is 0 Å². The first-order valence-electron chi connectivity index (χ1n) is 8.43. The lowest BCUT2D eigenvalue weighted by Crippen LogP contribution is -2.53. The molecule has 1 amide bonds. The highest BCUT2D eigenvalue weighted by atomic mass is 16.5. The van der Waals surface area contributed by atoms with Crippen molar-refractivity contribution in [3.05, 3.63) is 23.8 Å². The highest BCUT2D eigenvalue weighted by molar-refractivity contribution is 5.97. The monoisotopic (exact) mass is 334 g/mol. The molecule has 2 aliphatic rings.